The van der Waals surface area contributed by atoms with Crippen LogP contribution in [0.4, 0.5) is 34.1 Å². The normalized spacial score (nSPS) is 12.8. The van der Waals surface area contributed by atoms with E-state index in [2.05, 4.69) is 285 Å². The molecule has 0 bridgehead atoms. The smallest absolute Gasteiger partial charge is 0.252 e. The molecule has 0 fully saturated rings. The van der Waals surface area contributed by atoms with Gasteiger partial charge in [-0.1, -0.05) is 227 Å². The third-order valence-electron chi connectivity index (χ3n) is 14.3. The second kappa shape index (κ2) is 16.6. The fourth-order valence-corrected chi connectivity index (χ4v) is 11.1. The van der Waals surface area contributed by atoms with Crippen molar-refractivity contribution in [3.63, 3.8) is 0 Å². The maximum Gasteiger partial charge on any atom is 0.252 e. The molecule has 3 heteroatoms. The Morgan fingerprint density at radius 3 is 1.28 bits per heavy atom. The van der Waals surface area contributed by atoms with Crippen LogP contribution in [0.2, 0.25) is 0 Å². The zero-order valence-corrected chi connectivity index (χ0v) is 38.7. The van der Waals surface area contributed by atoms with Gasteiger partial charge in [0.15, 0.2) is 0 Å². The standard InChI is InChI=1S/C65H51BN2/c1-64(2,3)54-44-61-63-62(45-54)68(56-33-21-26-48(42-56)46-22-9-4-10-23-46)60-43-49(47-24-11-5-12-25-47)36-41-58(60)66(63)57-34-19-20-35-59(57)67(61)55-39-37-53(38-40-55)65(50-27-13-6-14-28-50,51-29-15-7-16-30-51)52-31-17-8-18-32-52/h4-45H,1-3H3. The predicted molar refractivity (Wildman–Crippen MR) is 288 cm³/mol. The maximum atomic E-state index is 2.56. The molecule has 2 aliphatic rings. The van der Waals surface area contributed by atoms with Crippen LogP contribution in [0.1, 0.15) is 48.6 Å². The highest BCUT2D eigenvalue weighted by Gasteiger charge is 2.45. The molecular weight excluding hydrogens is 820 g/mol. The number of fused-ring (bicyclic) bond motifs is 4. The molecule has 2 aliphatic heterocycles. The van der Waals surface area contributed by atoms with E-state index in [0.717, 1.165) is 11.4 Å². The first-order chi connectivity index (χ1) is 33.4. The van der Waals surface area contributed by atoms with E-state index in [1.807, 2.05) is 0 Å². The lowest BCUT2D eigenvalue weighted by Crippen LogP contribution is -2.61. The monoisotopic (exact) mass is 870 g/mol. The first-order valence-electron chi connectivity index (χ1n) is 23.9. The zero-order chi connectivity index (χ0) is 45.8. The molecule has 68 heavy (non-hydrogen) atoms. The Balaban J connectivity index is 1.10. The lowest BCUT2D eigenvalue weighted by Gasteiger charge is -2.45. The van der Waals surface area contributed by atoms with Gasteiger partial charge in [-0.15, -0.1) is 0 Å². The van der Waals surface area contributed by atoms with Crippen molar-refractivity contribution in [1.29, 1.82) is 0 Å². The first kappa shape index (κ1) is 41.3. The van der Waals surface area contributed by atoms with Crippen LogP contribution >= 0.6 is 0 Å². The molecule has 0 saturated carbocycles. The van der Waals surface area contributed by atoms with E-state index in [0.29, 0.717) is 0 Å². The van der Waals surface area contributed by atoms with Gasteiger partial charge in [-0.3, -0.25) is 0 Å². The highest BCUT2D eigenvalue weighted by molar-refractivity contribution is 7.00. The molecule has 0 unspecified atom stereocenters. The fraction of sp³-hybridized carbons (Fsp3) is 0.0769. The topological polar surface area (TPSA) is 6.48 Å². The summed E-state index contributed by atoms with van der Waals surface area (Å²) in [5, 5.41) is 0. The average Bonchev–Trinajstić information content (AvgIpc) is 3.40. The molecule has 0 aliphatic carbocycles. The quantitative estimate of drug-likeness (QED) is 0.111. The third-order valence-corrected chi connectivity index (χ3v) is 14.3. The molecule has 10 aromatic carbocycles. The summed E-state index contributed by atoms with van der Waals surface area (Å²) in [7, 11) is 0. The highest BCUT2D eigenvalue weighted by Crippen LogP contribution is 2.49. The van der Waals surface area contributed by atoms with Crippen molar-refractivity contribution in [1.82, 2.24) is 0 Å². The number of anilines is 6. The summed E-state index contributed by atoms with van der Waals surface area (Å²) in [6, 6.07) is 94.4. The van der Waals surface area contributed by atoms with Gasteiger partial charge < -0.3 is 9.80 Å². The molecule has 324 valence electrons. The molecule has 0 radical (unpaired) electrons. The van der Waals surface area contributed by atoms with Crippen LogP contribution in [0.15, 0.2) is 255 Å². The van der Waals surface area contributed by atoms with Crippen LogP contribution in [0.25, 0.3) is 22.3 Å². The Morgan fingerprint density at radius 2 is 0.735 bits per heavy atom. The van der Waals surface area contributed by atoms with Crippen LogP contribution in [0.5, 0.6) is 0 Å². The number of rotatable bonds is 8. The third kappa shape index (κ3) is 6.80. The van der Waals surface area contributed by atoms with E-state index in [9.17, 15) is 0 Å². The number of para-hydroxylation sites is 1. The minimum atomic E-state index is -0.546. The summed E-state index contributed by atoms with van der Waals surface area (Å²) < 4.78 is 0. The molecule has 12 rings (SSSR count). The van der Waals surface area contributed by atoms with Gasteiger partial charge in [0.25, 0.3) is 6.71 Å². The summed E-state index contributed by atoms with van der Waals surface area (Å²) in [6.07, 6.45) is 0. The van der Waals surface area contributed by atoms with Crippen LogP contribution in [0, 0.1) is 0 Å². The Kier molecular flexibility index (Phi) is 10.1. The summed E-state index contributed by atoms with van der Waals surface area (Å²) in [5.41, 5.74) is 21.3. The maximum absolute atomic E-state index is 2.56. The van der Waals surface area contributed by atoms with E-state index in [-0.39, 0.29) is 12.1 Å². The lowest BCUT2D eigenvalue weighted by molar-refractivity contribution is 0.590. The molecule has 0 aromatic heterocycles. The van der Waals surface area contributed by atoms with Crippen LogP contribution in [0.3, 0.4) is 0 Å². The van der Waals surface area contributed by atoms with E-state index in [1.165, 1.54) is 89.2 Å². The molecule has 0 atom stereocenters. The van der Waals surface area contributed by atoms with Crippen molar-refractivity contribution in [3.8, 4) is 22.3 Å². The van der Waals surface area contributed by atoms with E-state index < -0.39 is 5.41 Å². The van der Waals surface area contributed by atoms with Gasteiger partial charge in [-0.05, 0) is 120 Å². The molecule has 2 nitrogen and oxygen atoms in total. The largest absolute Gasteiger partial charge is 0.311 e. The van der Waals surface area contributed by atoms with Crippen LogP contribution in [-0.2, 0) is 10.8 Å². The minimum Gasteiger partial charge on any atom is -0.311 e. The van der Waals surface area contributed by atoms with Gasteiger partial charge in [-0.25, -0.2) is 0 Å². The fourth-order valence-electron chi connectivity index (χ4n) is 11.1. The molecule has 0 N–H and O–H groups in total. The van der Waals surface area contributed by atoms with Crippen molar-refractivity contribution in [3.05, 3.63) is 283 Å². The van der Waals surface area contributed by atoms with Gasteiger partial charge in [0.05, 0.1) is 5.41 Å². The van der Waals surface area contributed by atoms with Gasteiger partial charge in [-0.2, -0.15) is 0 Å². The van der Waals surface area contributed by atoms with Crippen molar-refractivity contribution in [2.24, 2.45) is 0 Å². The first-order valence-corrected chi connectivity index (χ1v) is 23.9. The Bertz CT molecular complexity index is 3320. The van der Waals surface area contributed by atoms with E-state index >= 15 is 0 Å². The molecule has 10 aromatic rings. The average molecular weight is 871 g/mol. The summed E-state index contributed by atoms with van der Waals surface area (Å²) in [6.45, 7) is 7.04. The number of hydrogen-bond acceptors (Lipinski definition) is 2. The Morgan fingerprint density at radius 1 is 0.294 bits per heavy atom. The van der Waals surface area contributed by atoms with Gasteiger partial charge in [0, 0.05) is 34.1 Å². The molecule has 0 amide bonds. The van der Waals surface area contributed by atoms with Crippen molar-refractivity contribution < 1.29 is 0 Å². The van der Waals surface area contributed by atoms with Crippen molar-refractivity contribution in [2.75, 3.05) is 9.80 Å². The molecule has 0 saturated heterocycles. The van der Waals surface area contributed by atoms with Crippen LogP contribution < -0.4 is 26.2 Å². The van der Waals surface area contributed by atoms with Gasteiger partial charge >= 0.3 is 0 Å². The minimum absolute atomic E-state index is 0.0102. The van der Waals surface area contributed by atoms with E-state index in [4.69, 9.17) is 0 Å². The SMILES string of the molecule is CC(C)(C)c1cc2c3c(c1)N(c1cccc(-c4ccccc4)c1)c1cc(-c4ccccc4)ccc1B3c1ccccc1N2c1ccc(C(c2ccccc2)(c2ccccc2)c2ccccc2)cc1. The van der Waals surface area contributed by atoms with Gasteiger partial charge in [0.1, 0.15) is 0 Å². The van der Waals surface area contributed by atoms with Crippen LogP contribution in [-0.4, -0.2) is 6.71 Å². The highest BCUT2D eigenvalue weighted by atomic mass is 15.2. The second-order valence-corrected chi connectivity index (χ2v) is 19.3. The van der Waals surface area contributed by atoms with E-state index in [1.54, 1.807) is 0 Å². The van der Waals surface area contributed by atoms with Crippen molar-refractivity contribution in [2.45, 2.75) is 31.6 Å². The molecular formula is C65H51BN2. The lowest BCUT2D eigenvalue weighted by atomic mass is 9.33. The molecule has 0 spiro atoms. The van der Waals surface area contributed by atoms with Crippen molar-refractivity contribution >= 4 is 57.2 Å². The number of hydrogen-bond donors (Lipinski definition) is 0. The number of benzene rings is 10. The zero-order valence-electron chi connectivity index (χ0n) is 38.7. The summed E-state index contributed by atoms with van der Waals surface area (Å²) >= 11 is 0. The predicted octanol–water partition coefficient (Wildman–Crippen LogP) is 14.8. The second-order valence-electron chi connectivity index (χ2n) is 19.3. The Hall–Kier alpha value is -8.14. The Labute approximate surface area is 401 Å². The molecule has 2 heterocycles. The summed E-state index contributed by atoms with van der Waals surface area (Å²) in [5.74, 6) is 0. The van der Waals surface area contributed by atoms with Gasteiger partial charge in [0.2, 0.25) is 0 Å². The summed E-state index contributed by atoms with van der Waals surface area (Å²) in [4.78, 5) is 5.10. The number of nitrogens with zero attached hydrogens (tertiary/aromatic N) is 2.